The summed E-state index contributed by atoms with van der Waals surface area (Å²) in [5, 5.41) is 10.2. The maximum atomic E-state index is 11.7. The highest BCUT2D eigenvalue weighted by Gasteiger charge is 2.09. The number of aryl methyl sites for hydroxylation is 1. The summed E-state index contributed by atoms with van der Waals surface area (Å²) >= 11 is 0. The van der Waals surface area contributed by atoms with Crippen LogP contribution < -0.4 is 10.6 Å². The van der Waals surface area contributed by atoms with Crippen LogP contribution in [0.25, 0.3) is 0 Å². The summed E-state index contributed by atoms with van der Waals surface area (Å²) in [5.41, 5.74) is 0.625. The predicted octanol–water partition coefficient (Wildman–Crippen LogP) is -0.555. The Morgan fingerprint density at radius 1 is 1.50 bits per heavy atom. The number of hydrogen-bond donors (Lipinski definition) is 2. The third-order valence-corrected chi connectivity index (χ3v) is 3.11. The van der Waals surface area contributed by atoms with E-state index in [4.69, 9.17) is 0 Å². The van der Waals surface area contributed by atoms with Crippen molar-refractivity contribution < 1.29 is 4.79 Å². The zero-order valence-electron chi connectivity index (χ0n) is 10.9. The Morgan fingerprint density at radius 2 is 2.28 bits per heavy atom. The van der Waals surface area contributed by atoms with Crippen LogP contribution in [0.1, 0.15) is 16.8 Å². The average molecular weight is 251 g/mol. The van der Waals surface area contributed by atoms with Gasteiger partial charge in [0.25, 0.3) is 5.91 Å². The van der Waals surface area contributed by atoms with Crippen molar-refractivity contribution in [3.8, 4) is 0 Å². The summed E-state index contributed by atoms with van der Waals surface area (Å²) in [6, 6.07) is 0. The molecule has 0 saturated carbocycles. The second-order valence-electron chi connectivity index (χ2n) is 4.60. The molecule has 100 valence electrons. The van der Waals surface area contributed by atoms with Crippen molar-refractivity contribution in [1.29, 1.82) is 0 Å². The molecule has 0 spiro atoms. The number of carbonyl (C=O) groups is 1. The van der Waals surface area contributed by atoms with Crippen LogP contribution in [0.15, 0.2) is 12.4 Å². The van der Waals surface area contributed by atoms with E-state index in [1.54, 1.807) is 24.1 Å². The molecule has 6 nitrogen and oxygen atoms in total. The van der Waals surface area contributed by atoms with Gasteiger partial charge in [-0.25, -0.2) is 0 Å². The molecule has 1 aliphatic heterocycles. The van der Waals surface area contributed by atoms with E-state index in [2.05, 4.69) is 20.6 Å². The van der Waals surface area contributed by atoms with E-state index >= 15 is 0 Å². The number of amides is 1. The SMILES string of the molecule is Cn1cc(C(=O)NCCCN2CCNCC2)cn1. The molecular weight excluding hydrogens is 230 g/mol. The van der Waals surface area contributed by atoms with Gasteiger partial charge in [0.05, 0.1) is 11.8 Å². The van der Waals surface area contributed by atoms with Gasteiger partial charge in [-0.3, -0.25) is 9.48 Å². The maximum absolute atomic E-state index is 11.7. The summed E-state index contributed by atoms with van der Waals surface area (Å²) in [6.45, 7) is 6.13. The number of rotatable bonds is 5. The second kappa shape index (κ2) is 6.51. The van der Waals surface area contributed by atoms with E-state index < -0.39 is 0 Å². The number of nitrogens with zero attached hydrogens (tertiary/aromatic N) is 3. The summed E-state index contributed by atoms with van der Waals surface area (Å²) in [7, 11) is 1.81. The standard InChI is InChI=1S/C12H21N5O/c1-16-10-11(9-15-16)12(18)14-3-2-6-17-7-4-13-5-8-17/h9-10,13H,2-8H2,1H3,(H,14,18). The number of aromatic nitrogens is 2. The van der Waals surface area contributed by atoms with Gasteiger partial charge in [-0.05, 0) is 13.0 Å². The zero-order valence-corrected chi connectivity index (χ0v) is 10.9. The van der Waals surface area contributed by atoms with Crippen LogP contribution in [0.5, 0.6) is 0 Å². The van der Waals surface area contributed by atoms with Gasteiger partial charge in [0.2, 0.25) is 0 Å². The van der Waals surface area contributed by atoms with Crippen LogP contribution >= 0.6 is 0 Å². The minimum absolute atomic E-state index is 0.0385. The highest BCUT2D eigenvalue weighted by Crippen LogP contribution is 1.97. The number of piperazine rings is 1. The molecule has 6 heteroatoms. The second-order valence-corrected chi connectivity index (χ2v) is 4.60. The van der Waals surface area contributed by atoms with Gasteiger partial charge in [-0.2, -0.15) is 5.10 Å². The van der Waals surface area contributed by atoms with Gasteiger partial charge < -0.3 is 15.5 Å². The molecule has 0 atom stereocenters. The van der Waals surface area contributed by atoms with E-state index in [1.807, 2.05) is 0 Å². The normalized spacial score (nSPS) is 16.7. The molecular formula is C12H21N5O. The van der Waals surface area contributed by atoms with Crippen molar-refractivity contribution in [1.82, 2.24) is 25.3 Å². The van der Waals surface area contributed by atoms with Crippen molar-refractivity contribution in [3.05, 3.63) is 18.0 Å². The summed E-state index contributed by atoms with van der Waals surface area (Å²) in [4.78, 5) is 14.1. The molecule has 1 saturated heterocycles. The van der Waals surface area contributed by atoms with E-state index in [-0.39, 0.29) is 5.91 Å². The summed E-state index contributed by atoms with van der Waals surface area (Å²) < 4.78 is 1.63. The number of carbonyl (C=O) groups excluding carboxylic acids is 1. The smallest absolute Gasteiger partial charge is 0.254 e. The fourth-order valence-electron chi connectivity index (χ4n) is 2.08. The zero-order chi connectivity index (χ0) is 12.8. The molecule has 1 aromatic heterocycles. The minimum atomic E-state index is -0.0385. The lowest BCUT2D eigenvalue weighted by Crippen LogP contribution is -2.44. The molecule has 2 heterocycles. The molecule has 2 rings (SSSR count). The van der Waals surface area contributed by atoms with Gasteiger partial charge in [0.15, 0.2) is 0 Å². The van der Waals surface area contributed by atoms with Gasteiger partial charge in [-0.15, -0.1) is 0 Å². The highest BCUT2D eigenvalue weighted by molar-refractivity contribution is 5.93. The largest absolute Gasteiger partial charge is 0.352 e. The van der Waals surface area contributed by atoms with E-state index in [0.29, 0.717) is 5.56 Å². The fourth-order valence-corrected chi connectivity index (χ4v) is 2.08. The first-order chi connectivity index (χ1) is 8.75. The molecule has 18 heavy (non-hydrogen) atoms. The topological polar surface area (TPSA) is 62.2 Å². The molecule has 1 amide bonds. The first kappa shape index (κ1) is 13.0. The van der Waals surface area contributed by atoms with Gasteiger partial charge in [-0.1, -0.05) is 0 Å². The molecule has 1 fully saturated rings. The predicted molar refractivity (Wildman–Crippen MR) is 69.5 cm³/mol. The molecule has 0 bridgehead atoms. The Hall–Kier alpha value is -1.40. The minimum Gasteiger partial charge on any atom is -0.352 e. The van der Waals surface area contributed by atoms with Gasteiger partial charge in [0, 0.05) is 46.0 Å². The van der Waals surface area contributed by atoms with Crippen LogP contribution in [0.2, 0.25) is 0 Å². The third kappa shape index (κ3) is 3.82. The van der Waals surface area contributed by atoms with Crippen LogP contribution in [0, 0.1) is 0 Å². The molecule has 0 aromatic carbocycles. The Bertz CT molecular complexity index is 384. The maximum Gasteiger partial charge on any atom is 0.254 e. The third-order valence-electron chi connectivity index (χ3n) is 3.11. The summed E-state index contributed by atoms with van der Waals surface area (Å²) in [5.74, 6) is -0.0385. The van der Waals surface area contributed by atoms with Crippen LogP contribution in [0.4, 0.5) is 0 Å². The van der Waals surface area contributed by atoms with Crippen molar-refractivity contribution in [2.75, 3.05) is 39.3 Å². The quantitative estimate of drug-likeness (QED) is 0.689. The van der Waals surface area contributed by atoms with E-state index in [0.717, 1.165) is 45.7 Å². The monoisotopic (exact) mass is 251 g/mol. The Morgan fingerprint density at radius 3 is 2.94 bits per heavy atom. The first-order valence-corrected chi connectivity index (χ1v) is 6.45. The van der Waals surface area contributed by atoms with Crippen LogP contribution in [-0.2, 0) is 7.05 Å². The van der Waals surface area contributed by atoms with Gasteiger partial charge in [0.1, 0.15) is 0 Å². The average Bonchev–Trinajstić information content (AvgIpc) is 2.82. The van der Waals surface area contributed by atoms with Crippen molar-refractivity contribution in [2.24, 2.45) is 7.05 Å². The van der Waals surface area contributed by atoms with E-state index in [1.165, 1.54) is 0 Å². The fraction of sp³-hybridized carbons (Fsp3) is 0.667. The molecule has 0 radical (unpaired) electrons. The Balaban J connectivity index is 1.61. The molecule has 1 aliphatic rings. The highest BCUT2D eigenvalue weighted by atomic mass is 16.1. The first-order valence-electron chi connectivity index (χ1n) is 6.45. The van der Waals surface area contributed by atoms with Gasteiger partial charge >= 0.3 is 0 Å². The lowest BCUT2D eigenvalue weighted by atomic mass is 10.3. The lowest BCUT2D eigenvalue weighted by molar-refractivity contribution is 0.0951. The molecule has 1 aromatic rings. The Labute approximate surface area is 107 Å². The van der Waals surface area contributed by atoms with Crippen molar-refractivity contribution in [2.45, 2.75) is 6.42 Å². The van der Waals surface area contributed by atoms with E-state index in [9.17, 15) is 4.79 Å². The molecule has 0 aliphatic carbocycles. The summed E-state index contributed by atoms with van der Waals surface area (Å²) in [6.07, 6.45) is 4.31. The van der Waals surface area contributed by atoms with Crippen LogP contribution in [-0.4, -0.2) is 59.9 Å². The van der Waals surface area contributed by atoms with Crippen molar-refractivity contribution in [3.63, 3.8) is 0 Å². The Kier molecular flexibility index (Phi) is 4.72. The van der Waals surface area contributed by atoms with Crippen LogP contribution in [0.3, 0.4) is 0 Å². The lowest BCUT2D eigenvalue weighted by Gasteiger charge is -2.27. The molecule has 2 N–H and O–H groups in total. The molecule has 0 unspecified atom stereocenters. The van der Waals surface area contributed by atoms with Crippen molar-refractivity contribution >= 4 is 5.91 Å². The number of nitrogens with one attached hydrogen (secondary N) is 2. The number of hydrogen-bond acceptors (Lipinski definition) is 4.